The van der Waals surface area contributed by atoms with E-state index in [0.29, 0.717) is 16.6 Å². The molecular weight excluding hydrogens is 245 g/mol. The van der Waals surface area contributed by atoms with E-state index in [-0.39, 0.29) is 6.04 Å². The molecule has 3 nitrogen and oxygen atoms in total. The molecule has 0 aliphatic carbocycles. The van der Waals surface area contributed by atoms with Gasteiger partial charge in [0.1, 0.15) is 0 Å². The van der Waals surface area contributed by atoms with Crippen molar-refractivity contribution in [1.29, 1.82) is 0 Å². The van der Waals surface area contributed by atoms with E-state index in [1.165, 1.54) is 0 Å². The van der Waals surface area contributed by atoms with Gasteiger partial charge < -0.3 is 16.8 Å². The third-order valence-corrected chi connectivity index (χ3v) is 3.02. The van der Waals surface area contributed by atoms with Crippen molar-refractivity contribution >= 4 is 23.2 Å². The number of rotatable bonds is 6. The fraction of sp³-hybridized carbons (Fsp3) is 0.455. The Morgan fingerprint density at radius 2 is 2.00 bits per heavy atom. The first-order valence-electron chi connectivity index (χ1n) is 5.23. The van der Waals surface area contributed by atoms with E-state index >= 15 is 0 Å². The monoisotopic (exact) mass is 261 g/mol. The van der Waals surface area contributed by atoms with Gasteiger partial charge in [-0.2, -0.15) is 0 Å². The number of hydrogen-bond donors (Lipinski definition) is 3. The van der Waals surface area contributed by atoms with Crippen LogP contribution in [0, 0.1) is 0 Å². The van der Waals surface area contributed by atoms with E-state index in [9.17, 15) is 0 Å². The third kappa shape index (κ3) is 4.68. The Balaban J connectivity index is 2.29. The molecule has 5 N–H and O–H groups in total. The Morgan fingerprint density at radius 3 is 2.62 bits per heavy atom. The molecule has 0 heterocycles. The van der Waals surface area contributed by atoms with Crippen LogP contribution in [0.15, 0.2) is 18.2 Å². The van der Waals surface area contributed by atoms with E-state index in [1.54, 1.807) is 0 Å². The van der Waals surface area contributed by atoms with Gasteiger partial charge in [-0.15, -0.1) is 0 Å². The van der Waals surface area contributed by atoms with Crippen LogP contribution in [0.4, 0.5) is 0 Å². The fourth-order valence-electron chi connectivity index (χ4n) is 1.30. The average Bonchev–Trinajstić information content (AvgIpc) is 2.28. The van der Waals surface area contributed by atoms with Crippen molar-refractivity contribution in [1.82, 2.24) is 5.32 Å². The van der Waals surface area contributed by atoms with E-state index in [0.717, 1.165) is 25.1 Å². The number of benzene rings is 1. The van der Waals surface area contributed by atoms with Crippen molar-refractivity contribution in [2.45, 2.75) is 12.5 Å². The van der Waals surface area contributed by atoms with Gasteiger partial charge in [0.25, 0.3) is 0 Å². The van der Waals surface area contributed by atoms with Gasteiger partial charge in [-0.1, -0.05) is 29.3 Å². The van der Waals surface area contributed by atoms with Crippen LogP contribution in [0.25, 0.3) is 0 Å². The largest absolute Gasteiger partial charge is 0.329 e. The van der Waals surface area contributed by atoms with Crippen LogP contribution >= 0.6 is 23.2 Å². The molecule has 0 amide bonds. The zero-order valence-electron chi connectivity index (χ0n) is 9.05. The summed E-state index contributed by atoms with van der Waals surface area (Å²) in [7, 11) is 0. The minimum atomic E-state index is 0.0220. The first kappa shape index (κ1) is 13.7. The molecule has 16 heavy (non-hydrogen) atoms. The Kier molecular flexibility index (Phi) is 6.09. The summed E-state index contributed by atoms with van der Waals surface area (Å²) in [4.78, 5) is 0. The maximum absolute atomic E-state index is 5.91. The van der Waals surface area contributed by atoms with Crippen LogP contribution in [0.5, 0.6) is 0 Å². The smallest absolute Gasteiger partial charge is 0.0595 e. The van der Waals surface area contributed by atoms with Crippen molar-refractivity contribution < 1.29 is 0 Å². The molecule has 1 rings (SSSR count). The normalized spacial score (nSPS) is 12.8. The summed E-state index contributed by atoms with van der Waals surface area (Å²) in [6, 6.07) is 5.69. The van der Waals surface area contributed by atoms with Crippen LogP contribution in [-0.2, 0) is 6.42 Å². The van der Waals surface area contributed by atoms with Gasteiger partial charge in [0.05, 0.1) is 10.0 Å². The molecule has 0 spiro atoms. The van der Waals surface area contributed by atoms with Crippen LogP contribution in [-0.4, -0.2) is 25.7 Å². The molecule has 1 aromatic rings. The van der Waals surface area contributed by atoms with E-state index in [1.807, 2.05) is 18.2 Å². The molecular formula is C11H17Cl2N3. The molecule has 1 unspecified atom stereocenters. The minimum absolute atomic E-state index is 0.0220. The predicted molar refractivity (Wildman–Crippen MR) is 70.1 cm³/mol. The second-order valence-electron chi connectivity index (χ2n) is 3.70. The predicted octanol–water partition coefficient (Wildman–Crippen LogP) is 1.41. The summed E-state index contributed by atoms with van der Waals surface area (Å²) < 4.78 is 0. The van der Waals surface area contributed by atoms with Crippen molar-refractivity contribution in [2.24, 2.45) is 11.5 Å². The molecule has 1 aromatic carbocycles. The lowest BCUT2D eigenvalue weighted by molar-refractivity contribution is 0.583. The maximum Gasteiger partial charge on any atom is 0.0595 e. The van der Waals surface area contributed by atoms with E-state index in [4.69, 9.17) is 34.7 Å². The molecule has 0 aliphatic heterocycles. The lowest BCUT2D eigenvalue weighted by Gasteiger charge is -2.10. The SMILES string of the molecule is NCC(N)CNCCc1ccc(Cl)c(Cl)c1. The first-order chi connectivity index (χ1) is 7.63. The van der Waals surface area contributed by atoms with Gasteiger partial charge in [-0.25, -0.2) is 0 Å². The van der Waals surface area contributed by atoms with E-state index in [2.05, 4.69) is 5.32 Å². The second kappa shape index (κ2) is 7.09. The van der Waals surface area contributed by atoms with Gasteiger partial charge in [-0.05, 0) is 30.7 Å². The van der Waals surface area contributed by atoms with Gasteiger partial charge >= 0.3 is 0 Å². The zero-order chi connectivity index (χ0) is 12.0. The highest BCUT2D eigenvalue weighted by Gasteiger charge is 2.00. The highest BCUT2D eigenvalue weighted by Crippen LogP contribution is 2.22. The zero-order valence-corrected chi connectivity index (χ0v) is 10.6. The quantitative estimate of drug-likeness (QED) is 0.679. The molecule has 90 valence electrons. The van der Waals surface area contributed by atoms with Gasteiger partial charge in [0.15, 0.2) is 0 Å². The highest BCUT2D eigenvalue weighted by molar-refractivity contribution is 6.42. The fourth-order valence-corrected chi connectivity index (χ4v) is 1.62. The van der Waals surface area contributed by atoms with Crippen molar-refractivity contribution in [2.75, 3.05) is 19.6 Å². The first-order valence-corrected chi connectivity index (χ1v) is 5.99. The molecule has 0 fully saturated rings. The summed E-state index contributed by atoms with van der Waals surface area (Å²) >= 11 is 11.7. The summed E-state index contributed by atoms with van der Waals surface area (Å²) in [6.45, 7) is 2.09. The summed E-state index contributed by atoms with van der Waals surface area (Å²) in [5, 5.41) is 4.42. The molecule has 0 aliphatic rings. The Hall–Kier alpha value is -0.320. The third-order valence-electron chi connectivity index (χ3n) is 2.28. The molecule has 0 saturated carbocycles. The van der Waals surface area contributed by atoms with Crippen LogP contribution in [0.2, 0.25) is 10.0 Å². The number of nitrogens with one attached hydrogen (secondary N) is 1. The lowest BCUT2D eigenvalue weighted by Crippen LogP contribution is -2.40. The number of hydrogen-bond acceptors (Lipinski definition) is 3. The molecule has 0 bridgehead atoms. The molecule has 5 heteroatoms. The summed E-state index contributed by atoms with van der Waals surface area (Å²) in [6.07, 6.45) is 0.897. The van der Waals surface area contributed by atoms with Crippen molar-refractivity contribution in [3.8, 4) is 0 Å². The van der Waals surface area contributed by atoms with Crippen molar-refractivity contribution in [3.05, 3.63) is 33.8 Å². The minimum Gasteiger partial charge on any atom is -0.329 e. The standard InChI is InChI=1S/C11H17Cl2N3/c12-10-2-1-8(5-11(10)13)3-4-16-7-9(15)6-14/h1-2,5,9,16H,3-4,6-7,14-15H2. The lowest BCUT2D eigenvalue weighted by atomic mass is 10.1. The topological polar surface area (TPSA) is 64.1 Å². The Labute approximate surface area is 106 Å². The average molecular weight is 262 g/mol. The molecule has 0 saturated heterocycles. The number of halogens is 2. The Bertz CT molecular complexity index is 331. The van der Waals surface area contributed by atoms with E-state index < -0.39 is 0 Å². The van der Waals surface area contributed by atoms with Crippen LogP contribution < -0.4 is 16.8 Å². The molecule has 1 atom stereocenters. The van der Waals surface area contributed by atoms with Gasteiger partial charge in [0.2, 0.25) is 0 Å². The van der Waals surface area contributed by atoms with Gasteiger partial charge in [-0.3, -0.25) is 0 Å². The number of nitrogens with two attached hydrogens (primary N) is 2. The summed E-state index contributed by atoms with van der Waals surface area (Å²) in [5.41, 5.74) is 12.2. The van der Waals surface area contributed by atoms with Crippen LogP contribution in [0.1, 0.15) is 5.56 Å². The molecule has 0 aromatic heterocycles. The Morgan fingerprint density at radius 1 is 1.25 bits per heavy atom. The van der Waals surface area contributed by atoms with Crippen molar-refractivity contribution in [3.63, 3.8) is 0 Å². The maximum atomic E-state index is 5.91. The van der Waals surface area contributed by atoms with Crippen LogP contribution in [0.3, 0.4) is 0 Å². The summed E-state index contributed by atoms with van der Waals surface area (Å²) in [5.74, 6) is 0. The second-order valence-corrected chi connectivity index (χ2v) is 4.51. The molecule has 0 radical (unpaired) electrons. The van der Waals surface area contributed by atoms with Gasteiger partial charge in [0, 0.05) is 19.1 Å². The highest BCUT2D eigenvalue weighted by atomic mass is 35.5.